The minimum absolute atomic E-state index is 0.0708. The van der Waals surface area contributed by atoms with Gasteiger partial charge < -0.3 is 10.6 Å². The lowest BCUT2D eigenvalue weighted by molar-refractivity contribution is 0.308. The van der Waals surface area contributed by atoms with Crippen LogP contribution in [0.15, 0.2) is 42.5 Å². The van der Waals surface area contributed by atoms with Gasteiger partial charge in [-0.15, -0.1) is 0 Å². The van der Waals surface area contributed by atoms with E-state index in [1.54, 1.807) is 12.1 Å². The largest absolute Gasteiger partial charge is 0.324 e. The normalized spacial score (nSPS) is 12.6. The summed E-state index contributed by atoms with van der Waals surface area (Å²) in [7, 11) is 2.06. The third-order valence-electron chi connectivity index (χ3n) is 3.50. The van der Waals surface area contributed by atoms with Gasteiger partial charge in [0.2, 0.25) is 0 Å². The van der Waals surface area contributed by atoms with Crippen LogP contribution in [-0.2, 0) is 6.54 Å². The van der Waals surface area contributed by atoms with Crippen LogP contribution in [-0.4, -0.2) is 23.5 Å². The van der Waals surface area contributed by atoms with Crippen LogP contribution in [0.3, 0.4) is 0 Å². The van der Waals surface area contributed by atoms with Gasteiger partial charge in [-0.1, -0.05) is 18.2 Å². The summed E-state index contributed by atoms with van der Waals surface area (Å²) in [4.78, 5) is 6.69. The van der Waals surface area contributed by atoms with E-state index in [0.29, 0.717) is 0 Å². The van der Waals surface area contributed by atoms with Crippen molar-refractivity contribution >= 4 is 0 Å². The smallest absolute Gasteiger partial charge is 0.123 e. The lowest BCUT2D eigenvalue weighted by Crippen LogP contribution is -2.24. The number of hydrogen-bond donors (Lipinski definition) is 1. The molecule has 4 heteroatoms. The molecule has 21 heavy (non-hydrogen) atoms. The van der Waals surface area contributed by atoms with E-state index >= 15 is 0 Å². The summed E-state index contributed by atoms with van der Waals surface area (Å²) in [6.07, 6.45) is 0.827. The number of rotatable bonds is 6. The Morgan fingerprint density at radius 2 is 1.90 bits per heavy atom. The van der Waals surface area contributed by atoms with Crippen molar-refractivity contribution in [3.8, 4) is 0 Å². The molecule has 0 fully saturated rings. The third-order valence-corrected chi connectivity index (χ3v) is 3.50. The highest BCUT2D eigenvalue weighted by atomic mass is 19.1. The molecule has 2 rings (SSSR count). The molecule has 0 radical (unpaired) electrons. The van der Waals surface area contributed by atoms with Crippen molar-refractivity contribution in [1.82, 2.24) is 9.88 Å². The van der Waals surface area contributed by atoms with Gasteiger partial charge in [-0.05, 0) is 50.2 Å². The van der Waals surface area contributed by atoms with Gasteiger partial charge in [0.05, 0.1) is 5.69 Å². The Bertz CT molecular complexity index is 569. The number of aromatic nitrogens is 1. The van der Waals surface area contributed by atoms with E-state index in [1.165, 1.54) is 12.1 Å². The van der Waals surface area contributed by atoms with E-state index in [0.717, 1.165) is 36.5 Å². The summed E-state index contributed by atoms with van der Waals surface area (Å²) < 4.78 is 12.9. The summed E-state index contributed by atoms with van der Waals surface area (Å²) in [5.74, 6) is -0.228. The van der Waals surface area contributed by atoms with Crippen molar-refractivity contribution in [2.75, 3.05) is 13.6 Å². The van der Waals surface area contributed by atoms with Crippen LogP contribution in [0.5, 0.6) is 0 Å². The summed E-state index contributed by atoms with van der Waals surface area (Å²) >= 11 is 0. The van der Waals surface area contributed by atoms with E-state index in [-0.39, 0.29) is 11.9 Å². The Labute approximate surface area is 125 Å². The summed E-state index contributed by atoms with van der Waals surface area (Å²) in [5.41, 5.74) is 9.21. The maximum absolute atomic E-state index is 12.9. The molecule has 0 aliphatic rings. The van der Waals surface area contributed by atoms with Crippen LogP contribution in [0.1, 0.15) is 29.4 Å². The SMILES string of the molecule is Cc1cccc(CN(C)CCC(N)c2ccc(F)cc2)n1. The minimum Gasteiger partial charge on any atom is -0.324 e. The van der Waals surface area contributed by atoms with E-state index in [2.05, 4.69) is 16.9 Å². The number of pyridine rings is 1. The van der Waals surface area contributed by atoms with Crippen molar-refractivity contribution in [2.45, 2.75) is 25.9 Å². The van der Waals surface area contributed by atoms with Crippen LogP contribution in [0.4, 0.5) is 4.39 Å². The molecule has 0 aliphatic carbocycles. The van der Waals surface area contributed by atoms with E-state index in [9.17, 15) is 4.39 Å². The van der Waals surface area contributed by atoms with Crippen LogP contribution >= 0.6 is 0 Å². The van der Waals surface area contributed by atoms with Crippen LogP contribution < -0.4 is 5.73 Å². The van der Waals surface area contributed by atoms with E-state index in [1.807, 2.05) is 25.1 Å². The monoisotopic (exact) mass is 287 g/mol. The highest BCUT2D eigenvalue weighted by Gasteiger charge is 2.08. The third kappa shape index (κ3) is 4.92. The van der Waals surface area contributed by atoms with Gasteiger partial charge in [-0.25, -0.2) is 4.39 Å². The summed E-state index contributed by atoms with van der Waals surface area (Å²) in [6.45, 7) is 3.67. The van der Waals surface area contributed by atoms with Gasteiger partial charge in [0, 0.05) is 24.8 Å². The molecule has 0 amide bonds. The van der Waals surface area contributed by atoms with Crippen molar-refractivity contribution in [3.63, 3.8) is 0 Å². The second-order valence-electron chi connectivity index (χ2n) is 5.45. The lowest BCUT2D eigenvalue weighted by Gasteiger charge is -2.19. The fraction of sp³-hybridized carbons (Fsp3) is 0.353. The highest BCUT2D eigenvalue weighted by Crippen LogP contribution is 2.15. The highest BCUT2D eigenvalue weighted by molar-refractivity contribution is 5.19. The Hall–Kier alpha value is -1.78. The molecule has 2 N–H and O–H groups in total. The number of benzene rings is 1. The first-order valence-corrected chi connectivity index (χ1v) is 7.17. The fourth-order valence-electron chi connectivity index (χ4n) is 2.28. The second kappa shape index (κ2) is 7.29. The predicted octanol–water partition coefficient (Wildman–Crippen LogP) is 3.05. The number of hydrogen-bond acceptors (Lipinski definition) is 3. The Morgan fingerprint density at radius 3 is 2.57 bits per heavy atom. The molecule has 3 nitrogen and oxygen atoms in total. The van der Waals surface area contributed by atoms with Crippen molar-refractivity contribution < 1.29 is 4.39 Å². The van der Waals surface area contributed by atoms with E-state index < -0.39 is 0 Å². The Balaban J connectivity index is 1.83. The number of aryl methyl sites for hydroxylation is 1. The van der Waals surface area contributed by atoms with E-state index in [4.69, 9.17) is 5.73 Å². The van der Waals surface area contributed by atoms with Crippen molar-refractivity contribution in [1.29, 1.82) is 0 Å². The molecule has 1 heterocycles. The predicted molar refractivity (Wildman–Crippen MR) is 83.3 cm³/mol. The fourth-order valence-corrected chi connectivity index (χ4v) is 2.28. The van der Waals surface area contributed by atoms with Crippen LogP contribution in [0.2, 0.25) is 0 Å². The maximum atomic E-state index is 12.9. The zero-order valence-corrected chi connectivity index (χ0v) is 12.6. The van der Waals surface area contributed by atoms with Gasteiger partial charge in [-0.2, -0.15) is 0 Å². The average Bonchev–Trinajstić information content (AvgIpc) is 2.45. The molecule has 0 bridgehead atoms. The molecule has 0 saturated carbocycles. The second-order valence-corrected chi connectivity index (χ2v) is 5.45. The first kappa shape index (κ1) is 15.6. The number of nitrogens with zero attached hydrogens (tertiary/aromatic N) is 2. The molecule has 1 aromatic heterocycles. The molecule has 0 spiro atoms. The zero-order chi connectivity index (χ0) is 15.2. The standard InChI is InChI=1S/C17H22FN3/c1-13-4-3-5-16(20-13)12-21(2)11-10-17(19)14-6-8-15(18)9-7-14/h3-9,17H,10-12,19H2,1-2H3. The van der Waals surface area contributed by atoms with Crippen LogP contribution in [0, 0.1) is 12.7 Å². The molecule has 2 aromatic rings. The quantitative estimate of drug-likeness (QED) is 0.888. The van der Waals surface area contributed by atoms with Crippen molar-refractivity contribution in [3.05, 3.63) is 65.2 Å². The summed E-state index contributed by atoms with van der Waals surface area (Å²) in [5, 5.41) is 0. The van der Waals surface area contributed by atoms with Crippen LogP contribution in [0.25, 0.3) is 0 Å². The molecular formula is C17H22FN3. The van der Waals surface area contributed by atoms with Gasteiger partial charge in [0.1, 0.15) is 5.82 Å². The molecule has 1 aromatic carbocycles. The first-order valence-electron chi connectivity index (χ1n) is 7.17. The molecule has 0 aliphatic heterocycles. The maximum Gasteiger partial charge on any atom is 0.123 e. The number of nitrogens with two attached hydrogens (primary N) is 1. The van der Waals surface area contributed by atoms with Gasteiger partial charge in [0.15, 0.2) is 0 Å². The van der Waals surface area contributed by atoms with Crippen molar-refractivity contribution in [2.24, 2.45) is 5.73 Å². The minimum atomic E-state index is -0.228. The molecule has 0 saturated heterocycles. The average molecular weight is 287 g/mol. The zero-order valence-electron chi connectivity index (χ0n) is 12.6. The number of halogens is 1. The molecule has 1 unspecified atom stereocenters. The Kier molecular flexibility index (Phi) is 5.42. The van der Waals surface area contributed by atoms with Gasteiger partial charge in [-0.3, -0.25) is 4.98 Å². The van der Waals surface area contributed by atoms with Gasteiger partial charge >= 0.3 is 0 Å². The first-order chi connectivity index (χ1) is 10.0. The molecular weight excluding hydrogens is 265 g/mol. The molecule has 1 atom stereocenters. The molecule has 112 valence electrons. The lowest BCUT2D eigenvalue weighted by atomic mass is 10.0. The summed E-state index contributed by atoms with van der Waals surface area (Å²) in [6, 6.07) is 12.4. The topological polar surface area (TPSA) is 42.1 Å². The Morgan fingerprint density at radius 1 is 1.19 bits per heavy atom. The van der Waals surface area contributed by atoms with Gasteiger partial charge in [0.25, 0.3) is 0 Å².